The van der Waals surface area contributed by atoms with Crippen molar-refractivity contribution in [1.82, 2.24) is 10.1 Å². The number of allylic oxidation sites excluding steroid dienone is 1. The summed E-state index contributed by atoms with van der Waals surface area (Å²) in [6, 6.07) is 19.5. The van der Waals surface area contributed by atoms with Crippen molar-refractivity contribution in [2.75, 3.05) is 19.0 Å². The SMILES string of the molecule is CN(C)c1ncc(OCc2ccccc2)c2c1CC1C[C@H]3Cc4onc(OCc5ccccc5)c4C(=O)[C@]34OC4=C1C2=O. The van der Waals surface area contributed by atoms with Crippen molar-refractivity contribution in [3.8, 4) is 11.6 Å². The first-order valence-electron chi connectivity index (χ1n) is 14.5. The zero-order chi connectivity index (χ0) is 29.3. The minimum atomic E-state index is -1.18. The van der Waals surface area contributed by atoms with Crippen LogP contribution in [-0.4, -0.2) is 41.4 Å². The van der Waals surface area contributed by atoms with Crippen molar-refractivity contribution in [3.63, 3.8) is 0 Å². The number of nitrogens with zero attached hydrogens (tertiary/aromatic N) is 3. The van der Waals surface area contributed by atoms with Crippen molar-refractivity contribution in [2.45, 2.75) is 38.1 Å². The van der Waals surface area contributed by atoms with Gasteiger partial charge in [0.05, 0.1) is 11.8 Å². The van der Waals surface area contributed by atoms with Crippen LogP contribution in [0.3, 0.4) is 0 Å². The lowest BCUT2D eigenvalue weighted by Crippen LogP contribution is -2.44. The summed E-state index contributed by atoms with van der Waals surface area (Å²) in [4.78, 5) is 35.1. The quantitative estimate of drug-likeness (QED) is 0.277. The van der Waals surface area contributed by atoms with Crippen LogP contribution in [0.2, 0.25) is 0 Å². The van der Waals surface area contributed by atoms with E-state index in [0.717, 1.165) is 22.5 Å². The fraction of sp³-hybridized carbons (Fsp3) is 0.294. The van der Waals surface area contributed by atoms with Gasteiger partial charge in [-0.3, -0.25) is 9.59 Å². The Bertz CT molecular complexity index is 1810. The Morgan fingerprint density at radius 2 is 1.63 bits per heavy atom. The number of carbonyl (C=O) groups excluding carboxylic acids is 2. The summed E-state index contributed by atoms with van der Waals surface area (Å²) in [6.07, 6.45) is 3.32. The molecular formula is C34H29N3O6. The number of ketones is 2. The number of carbonyl (C=O) groups is 2. The zero-order valence-corrected chi connectivity index (χ0v) is 23.8. The predicted octanol–water partition coefficient (Wildman–Crippen LogP) is 5.13. The highest BCUT2D eigenvalue weighted by atomic mass is 16.6. The maximum absolute atomic E-state index is 14.4. The highest BCUT2D eigenvalue weighted by molar-refractivity contribution is 6.18. The second kappa shape index (κ2) is 9.55. The van der Waals surface area contributed by atoms with Gasteiger partial charge in [-0.15, -0.1) is 0 Å². The summed E-state index contributed by atoms with van der Waals surface area (Å²) in [5.41, 5.74) is 3.02. The first kappa shape index (κ1) is 25.8. The van der Waals surface area contributed by atoms with Crippen molar-refractivity contribution in [2.24, 2.45) is 11.8 Å². The fourth-order valence-corrected chi connectivity index (χ4v) is 6.99. The number of Topliss-reactive ketones (excluding diaryl/α,β-unsaturated/α-hetero) is 2. The molecule has 0 bridgehead atoms. The number of rotatable bonds is 7. The zero-order valence-electron chi connectivity index (χ0n) is 23.8. The van der Waals surface area contributed by atoms with Gasteiger partial charge in [-0.05, 0) is 35.0 Å². The van der Waals surface area contributed by atoms with Gasteiger partial charge in [-0.25, -0.2) is 4.98 Å². The van der Waals surface area contributed by atoms with Crippen molar-refractivity contribution < 1.29 is 28.3 Å². The standard InChI is InChI=1S/C34H29N3O6/c1-37(2)32-23-14-21-13-22-15-24-28(33(36-43-24)41-18-20-11-7-4-8-12-20)30(39)34(22)31(42-34)26(21)29(38)27(23)25(16-35-32)40-17-19-9-5-3-6-10-19/h3-12,16,21-22H,13-15,17-18H2,1-2H3/t21?,22-,34+/m0/s1. The Morgan fingerprint density at radius 3 is 2.33 bits per heavy atom. The lowest BCUT2D eigenvalue weighted by atomic mass is 9.63. The Hall–Kier alpha value is -4.92. The molecule has 9 nitrogen and oxygen atoms in total. The van der Waals surface area contributed by atoms with Crippen LogP contribution >= 0.6 is 0 Å². The van der Waals surface area contributed by atoms with Gasteiger partial charge >= 0.3 is 0 Å². The highest BCUT2D eigenvalue weighted by Crippen LogP contribution is 2.63. The Morgan fingerprint density at radius 1 is 0.930 bits per heavy atom. The average Bonchev–Trinajstić information content (AvgIpc) is 3.65. The number of hydrogen-bond acceptors (Lipinski definition) is 9. The largest absolute Gasteiger partial charge is 0.486 e. The third-order valence-electron chi connectivity index (χ3n) is 9.01. The number of benzene rings is 2. The van der Waals surface area contributed by atoms with E-state index in [1.165, 1.54) is 0 Å². The van der Waals surface area contributed by atoms with Crippen LogP contribution in [0.5, 0.6) is 11.6 Å². The summed E-state index contributed by atoms with van der Waals surface area (Å²) < 4.78 is 24.0. The van der Waals surface area contributed by atoms with Crippen molar-refractivity contribution in [3.05, 3.63) is 112 Å². The van der Waals surface area contributed by atoms with Crippen molar-refractivity contribution in [1.29, 1.82) is 0 Å². The normalized spacial score (nSPS) is 22.8. The summed E-state index contributed by atoms with van der Waals surface area (Å²) in [5, 5.41) is 4.11. The Kier molecular flexibility index (Phi) is 5.72. The van der Waals surface area contributed by atoms with E-state index in [9.17, 15) is 9.59 Å². The molecule has 43 heavy (non-hydrogen) atoms. The molecule has 0 saturated carbocycles. The number of aromatic nitrogens is 2. The van der Waals surface area contributed by atoms with Crippen LogP contribution in [0.25, 0.3) is 0 Å². The molecule has 4 aromatic rings. The van der Waals surface area contributed by atoms with Gasteiger partial charge in [0.15, 0.2) is 17.3 Å². The van der Waals surface area contributed by atoms with E-state index < -0.39 is 5.60 Å². The van der Waals surface area contributed by atoms with E-state index in [2.05, 4.69) is 10.1 Å². The number of ether oxygens (including phenoxy) is 3. The molecule has 0 N–H and O–H groups in total. The molecule has 1 saturated heterocycles. The lowest BCUT2D eigenvalue weighted by molar-refractivity contribution is 0.0735. The number of anilines is 1. The predicted molar refractivity (Wildman–Crippen MR) is 155 cm³/mol. The molecule has 1 unspecified atom stereocenters. The van der Waals surface area contributed by atoms with Crippen LogP contribution < -0.4 is 14.4 Å². The Labute approximate surface area is 248 Å². The van der Waals surface area contributed by atoms with Gasteiger partial charge in [-0.2, -0.15) is 0 Å². The fourth-order valence-electron chi connectivity index (χ4n) is 6.99. The summed E-state index contributed by atoms with van der Waals surface area (Å²) in [5.74, 6) is 1.67. The third kappa shape index (κ3) is 3.91. The second-order valence-corrected chi connectivity index (χ2v) is 11.8. The van der Waals surface area contributed by atoms with Gasteiger partial charge < -0.3 is 23.6 Å². The molecule has 4 aliphatic rings. The molecule has 3 heterocycles. The lowest BCUT2D eigenvalue weighted by Gasteiger charge is -2.36. The first-order valence-corrected chi connectivity index (χ1v) is 14.5. The second-order valence-electron chi connectivity index (χ2n) is 11.8. The van der Waals surface area contributed by atoms with E-state index in [1.54, 1.807) is 6.20 Å². The highest BCUT2D eigenvalue weighted by Gasteiger charge is 2.72. The number of fused-ring (bicyclic) bond motifs is 3. The van der Waals surface area contributed by atoms with Crippen molar-refractivity contribution >= 4 is 17.4 Å². The van der Waals surface area contributed by atoms with E-state index in [0.29, 0.717) is 59.8 Å². The molecule has 3 atom stereocenters. The summed E-state index contributed by atoms with van der Waals surface area (Å²) in [6.45, 7) is 0.561. The minimum absolute atomic E-state index is 0.105. The molecular weight excluding hydrogens is 546 g/mol. The minimum Gasteiger partial charge on any atom is -0.486 e. The molecule has 8 rings (SSSR count). The van der Waals surface area contributed by atoms with Crippen LogP contribution in [0, 0.1) is 11.8 Å². The third-order valence-corrected chi connectivity index (χ3v) is 9.01. The van der Waals surface area contributed by atoms with E-state index in [1.807, 2.05) is 79.7 Å². The molecule has 9 heteroatoms. The van der Waals surface area contributed by atoms with E-state index >= 15 is 0 Å². The van der Waals surface area contributed by atoms with E-state index in [-0.39, 0.29) is 35.9 Å². The van der Waals surface area contributed by atoms with Crippen LogP contribution in [0.4, 0.5) is 5.82 Å². The first-order chi connectivity index (χ1) is 21.0. The molecule has 2 aromatic carbocycles. The molecule has 1 spiro atoms. The molecule has 1 aliphatic heterocycles. The van der Waals surface area contributed by atoms with E-state index in [4.69, 9.17) is 18.7 Å². The average molecular weight is 576 g/mol. The monoisotopic (exact) mass is 575 g/mol. The smallest absolute Gasteiger partial charge is 0.265 e. The summed E-state index contributed by atoms with van der Waals surface area (Å²) >= 11 is 0. The number of epoxide rings is 1. The van der Waals surface area contributed by atoms with Gasteiger partial charge in [0.1, 0.15) is 30.3 Å². The molecule has 1 fully saturated rings. The molecule has 0 amide bonds. The van der Waals surface area contributed by atoms with Gasteiger partial charge in [-0.1, -0.05) is 60.7 Å². The molecule has 0 radical (unpaired) electrons. The molecule has 2 aromatic heterocycles. The van der Waals surface area contributed by atoms with Crippen LogP contribution in [-0.2, 0) is 30.8 Å². The molecule has 3 aliphatic carbocycles. The van der Waals surface area contributed by atoms with Gasteiger partial charge in [0.25, 0.3) is 5.88 Å². The topological polar surface area (TPSA) is 107 Å². The van der Waals surface area contributed by atoms with Gasteiger partial charge in [0.2, 0.25) is 11.4 Å². The number of hydrogen-bond donors (Lipinski definition) is 0. The molecule has 216 valence electrons. The maximum Gasteiger partial charge on any atom is 0.265 e. The summed E-state index contributed by atoms with van der Waals surface area (Å²) in [7, 11) is 3.84. The Balaban J connectivity index is 1.15. The van der Waals surface area contributed by atoms with Gasteiger partial charge in [0, 0.05) is 37.6 Å². The van der Waals surface area contributed by atoms with Crippen LogP contribution in [0.1, 0.15) is 49.6 Å². The van der Waals surface area contributed by atoms with Crippen LogP contribution in [0.15, 0.2) is 82.7 Å². The number of pyridine rings is 1. The maximum atomic E-state index is 14.4.